The fraction of sp³-hybridized carbons (Fsp3) is 1.00. The lowest BCUT2D eigenvalue weighted by atomic mass is 9.58. The molecule has 0 aromatic rings. The molecule has 112 valence electrons. The molecule has 1 aliphatic carbocycles. The molecule has 7 unspecified atom stereocenters. The number of hydrogen-bond donors (Lipinski definition) is 1. The van der Waals surface area contributed by atoms with Gasteiger partial charge < -0.3 is 5.32 Å². The summed E-state index contributed by atoms with van der Waals surface area (Å²) in [5.41, 5.74) is 0. The molecule has 2 aliphatic rings. The van der Waals surface area contributed by atoms with E-state index in [-0.39, 0.29) is 0 Å². The topological polar surface area (TPSA) is 12.0 Å². The minimum atomic E-state index is 0.686. The number of rotatable bonds is 2. The molecular weight excluding hydrogens is 230 g/mol. The Morgan fingerprint density at radius 2 is 1.42 bits per heavy atom. The Kier molecular flexibility index (Phi) is 4.98. The number of hydrogen-bond acceptors (Lipinski definition) is 1. The van der Waals surface area contributed by atoms with Gasteiger partial charge in [0.25, 0.3) is 0 Å². The monoisotopic (exact) mass is 265 g/mol. The summed E-state index contributed by atoms with van der Waals surface area (Å²) >= 11 is 0. The largest absolute Gasteiger partial charge is 0.311 e. The zero-order valence-corrected chi connectivity index (χ0v) is 13.9. The quantitative estimate of drug-likeness (QED) is 0.762. The molecule has 0 aromatic carbocycles. The van der Waals surface area contributed by atoms with Crippen LogP contribution in [0.5, 0.6) is 0 Å². The van der Waals surface area contributed by atoms with E-state index in [2.05, 4.69) is 46.9 Å². The molecule has 1 saturated carbocycles. The standard InChI is InChI=1S/C18H35N/c1-7-16-18(14(5)13(4)15(6)19-16)17-11(2)9-8-10-12(17)3/h11-19H,7-10H2,1-6H3. The van der Waals surface area contributed by atoms with Gasteiger partial charge in [0.1, 0.15) is 0 Å². The second-order valence-electron chi connectivity index (χ2n) is 7.73. The van der Waals surface area contributed by atoms with Gasteiger partial charge in [0.05, 0.1) is 0 Å². The van der Waals surface area contributed by atoms with E-state index < -0.39 is 0 Å². The van der Waals surface area contributed by atoms with Crippen molar-refractivity contribution in [3.05, 3.63) is 0 Å². The molecule has 1 nitrogen and oxygen atoms in total. The molecule has 19 heavy (non-hydrogen) atoms. The van der Waals surface area contributed by atoms with Crippen molar-refractivity contribution in [3.63, 3.8) is 0 Å². The Balaban J connectivity index is 2.22. The molecule has 0 spiro atoms. The first-order valence-electron chi connectivity index (χ1n) is 8.73. The van der Waals surface area contributed by atoms with Crippen molar-refractivity contribution >= 4 is 0 Å². The van der Waals surface area contributed by atoms with Crippen molar-refractivity contribution in [2.45, 2.75) is 79.3 Å². The second kappa shape index (κ2) is 6.16. The maximum atomic E-state index is 3.93. The van der Waals surface area contributed by atoms with Crippen molar-refractivity contribution in [3.8, 4) is 0 Å². The van der Waals surface area contributed by atoms with E-state index in [1.807, 2.05) is 0 Å². The SMILES string of the molecule is CCC1NC(C)C(C)C(C)C1C1C(C)CCCC1C. The highest BCUT2D eigenvalue weighted by Crippen LogP contribution is 2.47. The summed E-state index contributed by atoms with van der Waals surface area (Å²) in [5.74, 6) is 5.36. The van der Waals surface area contributed by atoms with Gasteiger partial charge in [0, 0.05) is 12.1 Å². The van der Waals surface area contributed by atoms with E-state index in [9.17, 15) is 0 Å². The maximum absolute atomic E-state index is 3.93. The fourth-order valence-corrected chi connectivity index (χ4v) is 5.25. The van der Waals surface area contributed by atoms with Gasteiger partial charge in [-0.15, -0.1) is 0 Å². The summed E-state index contributed by atoms with van der Waals surface area (Å²) in [6, 6.07) is 1.43. The molecule has 0 radical (unpaired) electrons. The zero-order chi connectivity index (χ0) is 14.2. The molecule has 7 atom stereocenters. The first-order chi connectivity index (χ1) is 8.97. The summed E-state index contributed by atoms with van der Waals surface area (Å²) < 4.78 is 0. The van der Waals surface area contributed by atoms with Gasteiger partial charge in [-0.2, -0.15) is 0 Å². The second-order valence-corrected chi connectivity index (χ2v) is 7.73. The minimum absolute atomic E-state index is 0.686. The van der Waals surface area contributed by atoms with Crippen LogP contribution in [0.2, 0.25) is 0 Å². The Labute approximate surface area is 120 Å². The fourth-order valence-electron chi connectivity index (χ4n) is 5.25. The van der Waals surface area contributed by atoms with Crippen molar-refractivity contribution in [1.29, 1.82) is 0 Å². The van der Waals surface area contributed by atoms with Crippen LogP contribution in [0.4, 0.5) is 0 Å². The van der Waals surface area contributed by atoms with Gasteiger partial charge in [0.15, 0.2) is 0 Å². The predicted octanol–water partition coefficient (Wildman–Crippen LogP) is 4.72. The smallest absolute Gasteiger partial charge is 0.0101 e. The Morgan fingerprint density at radius 1 is 0.842 bits per heavy atom. The lowest BCUT2D eigenvalue weighted by Crippen LogP contribution is -2.57. The molecule has 1 heteroatoms. The van der Waals surface area contributed by atoms with Crippen LogP contribution < -0.4 is 5.32 Å². The molecule has 1 saturated heterocycles. The lowest BCUT2D eigenvalue weighted by Gasteiger charge is -2.52. The highest BCUT2D eigenvalue weighted by atomic mass is 15.0. The zero-order valence-electron chi connectivity index (χ0n) is 13.9. The van der Waals surface area contributed by atoms with E-state index >= 15 is 0 Å². The van der Waals surface area contributed by atoms with Gasteiger partial charge >= 0.3 is 0 Å². The Morgan fingerprint density at radius 3 is 1.95 bits per heavy atom. The van der Waals surface area contributed by atoms with E-state index in [1.165, 1.54) is 25.7 Å². The van der Waals surface area contributed by atoms with Crippen molar-refractivity contribution in [1.82, 2.24) is 5.32 Å². The molecule has 1 N–H and O–H groups in total. The van der Waals surface area contributed by atoms with Crippen LogP contribution in [0, 0.1) is 35.5 Å². The van der Waals surface area contributed by atoms with Gasteiger partial charge in [0.2, 0.25) is 0 Å². The van der Waals surface area contributed by atoms with Gasteiger partial charge in [-0.05, 0) is 48.9 Å². The normalized spacial score (nSPS) is 52.1. The van der Waals surface area contributed by atoms with Crippen LogP contribution in [0.1, 0.15) is 67.2 Å². The molecular formula is C18H35N. The van der Waals surface area contributed by atoms with Crippen molar-refractivity contribution in [2.24, 2.45) is 35.5 Å². The molecule has 1 heterocycles. The number of nitrogens with one attached hydrogen (secondary N) is 1. The molecule has 1 aliphatic heterocycles. The van der Waals surface area contributed by atoms with Crippen LogP contribution in [-0.4, -0.2) is 12.1 Å². The third kappa shape index (κ3) is 2.86. The molecule has 2 rings (SSSR count). The van der Waals surface area contributed by atoms with Crippen LogP contribution in [0.25, 0.3) is 0 Å². The van der Waals surface area contributed by atoms with E-state index in [0.29, 0.717) is 6.04 Å². The summed E-state index contributed by atoms with van der Waals surface area (Å²) in [7, 11) is 0. The highest BCUT2D eigenvalue weighted by molar-refractivity contribution is 4.98. The van der Waals surface area contributed by atoms with Crippen molar-refractivity contribution < 1.29 is 0 Å². The summed E-state index contributed by atoms with van der Waals surface area (Å²) in [5, 5.41) is 3.93. The summed E-state index contributed by atoms with van der Waals surface area (Å²) in [6.45, 7) is 14.8. The first-order valence-corrected chi connectivity index (χ1v) is 8.73. The van der Waals surface area contributed by atoms with Crippen LogP contribution >= 0.6 is 0 Å². The highest BCUT2D eigenvalue weighted by Gasteiger charge is 2.45. The Bertz CT molecular complexity index is 275. The predicted molar refractivity (Wildman–Crippen MR) is 84.2 cm³/mol. The van der Waals surface area contributed by atoms with E-state index in [1.54, 1.807) is 0 Å². The van der Waals surface area contributed by atoms with Crippen LogP contribution in [0.3, 0.4) is 0 Å². The Hall–Kier alpha value is -0.0400. The number of piperidine rings is 1. The average molecular weight is 265 g/mol. The molecule has 0 amide bonds. The van der Waals surface area contributed by atoms with E-state index in [0.717, 1.165) is 41.5 Å². The third-order valence-electron chi connectivity index (χ3n) is 6.68. The van der Waals surface area contributed by atoms with Crippen LogP contribution in [0.15, 0.2) is 0 Å². The van der Waals surface area contributed by atoms with E-state index in [4.69, 9.17) is 0 Å². The molecule has 0 aromatic heterocycles. The van der Waals surface area contributed by atoms with Gasteiger partial charge in [-0.1, -0.05) is 53.9 Å². The third-order valence-corrected chi connectivity index (χ3v) is 6.68. The lowest BCUT2D eigenvalue weighted by molar-refractivity contribution is -0.00273. The van der Waals surface area contributed by atoms with Crippen molar-refractivity contribution in [2.75, 3.05) is 0 Å². The van der Waals surface area contributed by atoms with Gasteiger partial charge in [-0.25, -0.2) is 0 Å². The van der Waals surface area contributed by atoms with Crippen LogP contribution in [-0.2, 0) is 0 Å². The summed E-state index contributed by atoms with van der Waals surface area (Å²) in [6.07, 6.45) is 5.66. The average Bonchev–Trinajstić information content (AvgIpc) is 2.38. The van der Waals surface area contributed by atoms with Gasteiger partial charge in [-0.3, -0.25) is 0 Å². The molecule has 2 fully saturated rings. The minimum Gasteiger partial charge on any atom is -0.311 e. The maximum Gasteiger partial charge on any atom is 0.0101 e. The molecule has 0 bridgehead atoms. The first kappa shape index (κ1) is 15.4. The summed E-state index contributed by atoms with van der Waals surface area (Å²) in [4.78, 5) is 0.